The van der Waals surface area contributed by atoms with Crippen molar-refractivity contribution in [3.63, 3.8) is 0 Å². The number of hydrogen-bond donors (Lipinski definition) is 1. The van der Waals surface area contributed by atoms with E-state index in [1.807, 2.05) is 45.0 Å². The first kappa shape index (κ1) is 22.9. The van der Waals surface area contributed by atoms with Gasteiger partial charge >= 0.3 is 0 Å². The second-order valence-electron chi connectivity index (χ2n) is 6.89. The lowest BCUT2D eigenvalue weighted by Gasteiger charge is -2.31. The van der Waals surface area contributed by atoms with E-state index in [-0.39, 0.29) is 23.4 Å². The molecule has 0 spiro atoms. The van der Waals surface area contributed by atoms with Crippen molar-refractivity contribution in [3.05, 3.63) is 71.0 Å². The maximum atomic E-state index is 13.1. The van der Waals surface area contributed by atoms with Crippen molar-refractivity contribution in [2.24, 2.45) is 0 Å². The van der Waals surface area contributed by atoms with Crippen molar-refractivity contribution in [1.29, 1.82) is 0 Å². The molecule has 1 unspecified atom stereocenters. The number of likely N-dealkylation sites (N-methyl/N-ethyl adjacent to an activating group) is 1. The molecule has 2 aromatic carbocycles. The van der Waals surface area contributed by atoms with Crippen molar-refractivity contribution in [2.45, 2.75) is 45.5 Å². The van der Waals surface area contributed by atoms with Crippen LogP contribution in [0.5, 0.6) is 0 Å². The Hall–Kier alpha value is -2.34. The van der Waals surface area contributed by atoms with E-state index in [2.05, 4.69) is 5.32 Å². The average molecular weight is 417 g/mol. The highest BCUT2D eigenvalue weighted by Crippen LogP contribution is 2.19. The number of hydrogen-bond acceptors (Lipinski definition) is 3. The number of halogens is 1. The van der Waals surface area contributed by atoms with Gasteiger partial charge in [0.2, 0.25) is 11.8 Å². The van der Waals surface area contributed by atoms with Gasteiger partial charge in [-0.15, -0.1) is 11.8 Å². The van der Waals surface area contributed by atoms with E-state index in [9.17, 15) is 14.0 Å². The Labute approximate surface area is 176 Å². The van der Waals surface area contributed by atoms with Crippen LogP contribution in [0.25, 0.3) is 0 Å². The Kier molecular flexibility index (Phi) is 9.19. The highest BCUT2D eigenvalue weighted by molar-refractivity contribution is 7.99. The quantitative estimate of drug-likeness (QED) is 0.628. The molecule has 0 fully saturated rings. The summed E-state index contributed by atoms with van der Waals surface area (Å²) in [6, 6.07) is 13.7. The number of nitrogens with one attached hydrogen (secondary N) is 1. The van der Waals surface area contributed by atoms with Gasteiger partial charge in [-0.1, -0.05) is 43.3 Å². The molecule has 2 aromatic rings. The summed E-state index contributed by atoms with van der Waals surface area (Å²) < 4.78 is 13.0. The molecule has 0 aromatic heterocycles. The fraction of sp³-hybridized carbons (Fsp3) is 0.391. The number of aryl methyl sites for hydroxylation is 1. The molecular formula is C23H29FN2O2S. The number of thioether (sulfide) groups is 1. The summed E-state index contributed by atoms with van der Waals surface area (Å²) in [6.07, 6.45) is 0.548. The molecule has 0 saturated heterocycles. The SMILES string of the molecule is CCNC(=O)C(CC)N(Cc1ccccc1C)C(=O)CSCc1ccc(F)cc1. The van der Waals surface area contributed by atoms with Gasteiger partial charge in [0.05, 0.1) is 5.75 Å². The Bertz CT molecular complexity index is 811. The third kappa shape index (κ3) is 6.89. The van der Waals surface area contributed by atoms with Crippen LogP contribution in [-0.2, 0) is 21.9 Å². The molecule has 0 heterocycles. The lowest BCUT2D eigenvalue weighted by atomic mass is 10.1. The zero-order valence-corrected chi connectivity index (χ0v) is 18.1. The monoisotopic (exact) mass is 416 g/mol. The molecular weight excluding hydrogens is 387 g/mol. The first-order valence-electron chi connectivity index (χ1n) is 9.90. The van der Waals surface area contributed by atoms with Crippen molar-refractivity contribution < 1.29 is 14.0 Å². The Morgan fingerprint density at radius 3 is 2.41 bits per heavy atom. The predicted octanol–water partition coefficient (Wildman–Crippen LogP) is 4.31. The molecule has 0 radical (unpaired) electrons. The minimum absolute atomic E-state index is 0.0709. The number of carbonyl (C=O) groups excluding carboxylic acids is 2. The van der Waals surface area contributed by atoms with E-state index in [0.717, 1.165) is 16.7 Å². The van der Waals surface area contributed by atoms with Gasteiger partial charge < -0.3 is 10.2 Å². The van der Waals surface area contributed by atoms with Crippen molar-refractivity contribution in [2.75, 3.05) is 12.3 Å². The van der Waals surface area contributed by atoms with Gasteiger partial charge in [0.15, 0.2) is 0 Å². The highest BCUT2D eigenvalue weighted by atomic mass is 32.2. The minimum Gasteiger partial charge on any atom is -0.355 e. The number of nitrogens with zero attached hydrogens (tertiary/aromatic N) is 1. The molecule has 6 heteroatoms. The maximum Gasteiger partial charge on any atom is 0.242 e. The summed E-state index contributed by atoms with van der Waals surface area (Å²) >= 11 is 1.47. The molecule has 156 valence electrons. The maximum absolute atomic E-state index is 13.1. The Morgan fingerprint density at radius 1 is 1.10 bits per heavy atom. The van der Waals surface area contributed by atoms with Crippen LogP contribution in [0.1, 0.15) is 37.0 Å². The average Bonchev–Trinajstić information content (AvgIpc) is 2.71. The molecule has 4 nitrogen and oxygen atoms in total. The normalized spacial score (nSPS) is 11.7. The largest absolute Gasteiger partial charge is 0.355 e. The zero-order valence-electron chi connectivity index (χ0n) is 17.3. The van der Waals surface area contributed by atoms with E-state index < -0.39 is 6.04 Å². The van der Waals surface area contributed by atoms with Gasteiger partial charge in [0.25, 0.3) is 0 Å². The molecule has 1 atom stereocenters. The summed E-state index contributed by atoms with van der Waals surface area (Å²) in [5.74, 6) is 0.410. The Balaban J connectivity index is 2.11. The summed E-state index contributed by atoms with van der Waals surface area (Å²) in [5, 5.41) is 2.84. The molecule has 0 aliphatic rings. The number of amides is 2. The molecule has 0 aliphatic heterocycles. The first-order valence-corrected chi connectivity index (χ1v) is 11.1. The van der Waals surface area contributed by atoms with Crippen molar-refractivity contribution in [1.82, 2.24) is 10.2 Å². The standard InChI is InChI=1S/C23H29FN2O2S/c1-4-21(23(28)25-5-2)26(14-19-9-7-6-8-17(19)3)22(27)16-29-15-18-10-12-20(24)13-11-18/h6-13,21H,4-5,14-16H2,1-3H3,(H,25,28). The van der Waals surface area contributed by atoms with E-state index >= 15 is 0 Å². The van der Waals surface area contributed by atoms with E-state index in [4.69, 9.17) is 0 Å². The lowest BCUT2D eigenvalue weighted by molar-refractivity contribution is -0.139. The molecule has 2 rings (SSSR count). The predicted molar refractivity (Wildman–Crippen MR) is 117 cm³/mol. The fourth-order valence-corrected chi connectivity index (χ4v) is 3.97. The third-order valence-corrected chi connectivity index (χ3v) is 5.73. The topological polar surface area (TPSA) is 49.4 Å². The van der Waals surface area contributed by atoms with Gasteiger partial charge in [-0.3, -0.25) is 9.59 Å². The van der Waals surface area contributed by atoms with Crippen LogP contribution >= 0.6 is 11.8 Å². The molecule has 0 saturated carbocycles. The van der Waals surface area contributed by atoms with Gasteiger partial charge in [-0.2, -0.15) is 0 Å². The third-order valence-electron chi connectivity index (χ3n) is 4.75. The first-order chi connectivity index (χ1) is 14.0. The van der Waals surface area contributed by atoms with Crippen LogP contribution in [0.3, 0.4) is 0 Å². The van der Waals surface area contributed by atoms with Crippen LogP contribution in [0, 0.1) is 12.7 Å². The second-order valence-corrected chi connectivity index (χ2v) is 7.87. The molecule has 1 N–H and O–H groups in total. The van der Waals surface area contributed by atoms with Gasteiger partial charge in [0, 0.05) is 18.8 Å². The van der Waals surface area contributed by atoms with Crippen LogP contribution in [0.2, 0.25) is 0 Å². The summed E-state index contributed by atoms with van der Waals surface area (Å²) in [5.41, 5.74) is 3.09. The second kappa shape index (κ2) is 11.6. The van der Waals surface area contributed by atoms with Crippen LogP contribution in [-0.4, -0.2) is 35.1 Å². The Morgan fingerprint density at radius 2 is 1.79 bits per heavy atom. The summed E-state index contributed by atoms with van der Waals surface area (Å²) in [7, 11) is 0. The van der Waals surface area contributed by atoms with Crippen LogP contribution in [0.4, 0.5) is 4.39 Å². The van der Waals surface area contributed by atoms with E-state index in [1.165, 1.54) is 23.9 Å². The lowest BCUT2D eigenvalue weighted by Crippen LogP contribution is -2.49. The zero-order chi connectivity index (χ0) is 21.2. The molecule has 29 heavy (non-hydrogen) atoms. The van der Waals surface area contributed by atoms with Crippen molar-refractivity contribution >= 4 is 23.6 Å². The van der Waals surface area contributed by atoms with Gasteiger partial charge in [0.1, 0.15) is 11.9 Å². The minimum atomic E-state index is -0.506. The van der Waals surface area contributed by atoms with E-state index in [1.54, 1.807) is 17.0 Å². The van der Waals surface area contributed by atoms with Crippen molar-refractivity contribution in [3.8, 4) is 0 Å². The molecule has 0 aliphatic carbocycles. The molecule has 2 amide bonds. The highest BCUT2D eigenvalue weighted by Gasteiger charge is 2.28. The van der Waals surface area contributed by atoms with Gasteiger partial charge in [-0.05, 0) is 49.1 Å². The van der Waals surface area contributed by atoms with Crippen LogP contribution < -0.4 is 5.32 Å². The number of rotatable bonds is 10. The van der Waals surface area contributed by atoms with Crippen LogP contribution in [0.15, 0.2) is 48.5 Å². The smallest absolute Gasteiger partial charge is 0.242 e. The summed E-state index contributed by atoms with van der Waals surface area (Å²) in [6.45, 7) is 6.73. The van der Waals surface area contributed by atoms with E-state index in [0.29, 0.717) is 25.3 Å². The fourth-order valence-electron chi connectivity index (χ4n) is 3.10. The molecule has 0 bridgehead atoms. The summed E-state index contributed by atoms with van der Waals surface area (Å²) in [4.78, 5) is 27.3. The van der Waals surface area contributed by atoms with Gasteiger partial charge in [-0.25, -0.2) is 4.39 Å². The number of benzene rings is 2. The number of carbonyl (C=O) groups is 2.